The van der Waals surface area contributed by atoms with Crippen molar-refractivity contribution < 1.29 is 9.18 Å². The maximum Gasteiger partial charge on any atom is 0.222 e. The van der Waals surface area contributed by atoms with Gasteiger partial charge in [0.25, 0.3) is 0 Å². The number of para-hydroxylation sites is 1. The number of benzene rings is 3. The van der Waals surface area contributed by atoms with Crippen molar-refractivity contribution in [1.29, 1.82) is 0 Å². The molecule has 0 atom stereocenters. The van der Waals surface area contributed by atoms with Gasteiger partial charge in [-0.2, -0.15) is 0 Å². The third-order valence-electron chi connectivity index (χ3n) is 6.89. The topological polar surface area (TPSA) is 58.1 Å². The van der Waals surface area contributed by atoms with Crippen LogP contribution in [-0.4, -0.2) is 28.5 Å². The number of nitrogens with zero attached hydrogens (tertiary/aromatic N) is 3. The summed E-state index contributed by atoms with van der Waals surface area (Å²) < 4.78 is 13.6. The molecule has 1 aromatic heterocycles. The number of nitrogens with one attached hydrogen (secondary N) is 1. The fourth-order valence-corrected chi connectivity index (χ4v) is 4.97. The second kappa shape index (κ2) is 11.3. The van der Waals surface area contributed by atoms with Gasteiger partial charge in [0, 0.05) is 36.5 Å². The smallest absolute Gasteiger partial charge is 0.222 e. The molecule has 3 aromatic carbocycles. The van der Waals surface area contributed by atoms with Gasteiger partial charge < -0.3 is 10.2 Å². The highest BCUT2D eigenvalue weighted by Crippen LogP contribution is 2.33. The lowest BCUT2D eigenvalue weighted by molar-refractivity contribution is -0.121. The number of hydrogen-bond donors (Lipinski definition) is 1. The van der Waals surface area contributed by atoms with Crippen molar-refractivity contribution in [1.82, 2.24) is 15.3 Å². The van der Waals surface area contributed by atoms with Crippen LogP contribution in [0.4, 0.5) is 10.2 Å². The molecule has 1 fully saturated rings. The SMILES string of the molecule is O=C(CCN(c1nc(-c2ccc(F)cc2)nc2ccccc12)C1CCCCC1)NCc1ccccc1. The van der Waals surface area contributed by atoms with Gasteiger partial charge in [-0.1, -0.05) is 61.7 Å². The Kier molecular flexibility index (Phi) is 7.50. The number of halogens is 1. The average Bonchev–Trinajstić information content (AvgIpc) is 2.93. The first-order valence-corrected chi connectivity index (χ1v) is 12.8. The molecule has 6 heteroatoms. The first-order valence-electron chi connectivity index (χ1n) is 12.8. The van der Waals surface area contributed by atoms with Crippen LogP contribution >= 0.6 is 0 Å². The van der Waals surface area contributed by atoms with E-state index in [4.69, 9.17) is 9.97 Å². The van der Waals surface area contributed by atoms with E-state index in [0.29, 0.717) is 31.4 Å². The summed E-state index contributed by atoms with van der Waals surface area (Å²) in [5, 5.41) is 4.03. The Morgan fingerprint density at radius 3 is 2.39 bits per heavy atom. The highest BCUT2D eigenvalue weighted by Gasteiger charge is 2.25. The number of carbonyl (C=O) groups is 1. The van der Waals surface area contributed by atoms with E-state index < -0.39 is 0 Å². The summed E-state index contributed by atoms with van der Waals surface area (Å²) in [6.07, 6.45) is 6.14. The summed E-state index contributed by atoms with van der Waals surface area (Å²) in [6, 6.07) is 24.6. The molecule has 4 aromatic rings. The standard InChI is InChI=1S/C30H31FN4O/c31-24-17-15-23(16-18-24)29-33-27-14-8-7-13-26(27)30(34-29)35(25-11-5-2-6-12-25)20-19-28(36)32-21-22-9-3-1-4-10-22/h1,3-4,7-10,13-18,25H,2,5-6,11-12,19-21H2,(H,32,36). The fourth-order valence-electron chi connectivity index (χ4n) is 4.97. The molecule has 1 saturated carbocycles. The molecule has 0 saturated heterocycles. The molecule has 0 aliphatic heterocycles. The van der Waals surface area contributed by atoms with Crippen LogP contribution in [0.15, 0.2) is 78.9 Å². The molecule has 1 heterocycles. The van der Waals surface area contributed by atoms with Crippen molar-refractivity contribution in [2.45, 2.75) is 51.1 Å². The van der Waals surface area contributed by atoms with Gasteiger partial charge in [-0.3, -0.25) is 4.79 Å². The zero-order chi connectivity index (χ0) is 24.7. The van der Waals surface area contributed by atoms with Crippen molar-refractivity contribution in [3.05, 3.63) is 90.2 Å². The predicted molar refractivity (Wildman–Crippen MR) is 142 cm³/mol. The summed E-state index contributed by atoms with van der Waals surface area (Å²) in [5.41, 5.74) is 2.70. The molecular formula is C30H31FN4O. The maximum absolute atomic E-state index is 13.6. The minimum absolute atomic E-state index is 0.0248. The third kappa shape index (κ3) is 5.70. The largest absolute Gasteiger partial charge is 0.352 e. The van der Waals surface area contributed by atoms with Crippen LogP contribution in [0, 0.1) is 5.82 Å². The van der Waals surface area contributed by atoms with E-state index in [1.54, 1.807) is 12.1 Å². The van der Waals surface area contributed by atoms with E-state index in [1.165, 1.54) is 31.4 Å². The van der Waals surface area contributed by atoms with Crippen LogP contribution in [0.25, 0.3) is 22.3 Å². The lowest BCUT2D eigenvalue weighted by Crippen LogP contribution is -2.40. The number of aromatic nitrogens is 2. The van der Waals surface area contributed by atoms with Crippen molar-refractivity contribution >= 4 is 22.6 Å². The van der Waals surface area contributed by atoms with E-state index in [-0.39, 0.29) is 11.7 Å². The summed E-state index contributed by atoms with van der Waals surface area (Å²) in [6.45, 7) is 1.10. The van der Waals surface area contributed by atoms with Crippen molar-refractivity contribution in [3.8, 4) is 11.4 Å². The van der Waals surface area contributed by atoms with Gasteiger partial charge in [-0.15, -0.1) is 0 Å². The average molecular weight is 483 g/mol. The molecule has 184 valence electrons. The predicted octanol–water partition coefficient (Wildman–Crippen LogP) is 6.28. The molecule has 0 bridgehead atoms. The lowest BCUT2D eigenvalue weighted by atomic mass is 9.93. The van der Waals surface area contributed by atoms with Crippen molar-refractivity contribution in [2.75, 3.05) is 11.4 Å². The van der Waals surface area contributed by atoms with Crippen LogP contribution in [0.5, 0.6) is 0 Å². The quantitative estimate of drug-likeness (QED) is 0.321. The molecule has 5 nitrogen and oxygen atoms in total. The number of hydrogen-bond acceptors (Lipinski definition) is 4. The number of amides is 1. The number of fused-ring (bicyclic) bond motifs is 1. The van der Waals surface area contributed by atoms with Gasteiger partial charge in [-0.05, 0) is 54.8 Å². The molecular weight excluding hydrogens is 451 g/mol. The Labute approximate surface area is 211 Å². The van der Waals surface area contributed by atoms with Crippen LogP contribution in [-0.2, 0) is 11.3 Å². The van der Waals surface area contributed by atoms with Gasteiger partial charge in [0.1, 0.15) is 11.6 Å². The Balaban J connectivity index is 1.44. The Hall–Kier alpha value is -3.80. The van der Waals surface area contributed by atoms with Crippen molar-refractivity contribution in [2.24, 2.45) is 0 Å². The second-order valence-corrected chi connectivity index (χ2v) is 9.39. The molecule has 0 unspecified atom stereocenters. The first-order chi connectivity index (χ1) is 17.7. The number of anilines is 1. The van der Waals surface area contributed by atoms with Gasteiger partial charge in [-0.25, -0.2) is 14.4 Å². The number of rotatable bonds is 8. The molecule has 0 radical (unpaired) electrons. The molecule has 5 rings (SSSR count). The van der Waals surface area contributed by atoms with Gasteiger partial charge >= 0.3 is 0 Å². The van der Waals surface area contributed by atoms with Crippen LogP contribution < -0.4 is 10.2 Å². The highest BCUT2D eigenvalue weighted by atomic mass is 19.1. The van der Waals surface area contributed by atoms with Gasteiger partial charge in [0.15, 0.2) is 5.82 Å². The monoisotopic (exact) mass is 482 g/mol. The minimum atomic E-state index is -0.287. The fraction of sp³-hybridized carbons (Fsp3) is 0.300. The van der Waals surface area contributed by atoms with Crippen LogP contribution in [0.2, 0.25) is 0 Å². The Morgan fingerprint density at radius 1 is 0.889 bits per heavy atom. The van der Waals surface area contributed by atoms with Crippen molar-refractivity contribution in [3.63, 3.8) is 0 Å². The summed E-state index contributed by atoms with van der Waals surface area (Å²) in [5.74, 6) is 1.16. The second-order valence-electron chi connectivity index (χ2n) is 9.39. The van der Waals surface area contributed by atoms with E-state index in [2.05, 4.69) is 10.2 Å². The molecule has 0 spiro atoms. The molecule has 1 N–H and O–H groups in total. The Morgan fingerprint density at radius 2 is 1.61 bits per heavy atom. The van der Waals surface area contributed by atoms with Crippen LogP contribution in [0.3, 0.4) is 0 Å². The van der Waals surface area contributed by atoms with E-state index in [9.17, 15) is 9.18 Å². The highest BCUT2D eigenvalue weighted by molar-refractivity contribution is 5.91. The summed E-state index contributed by atoms with van der Waals surface area (Å²) in [4.78, 5) is 24.9. The molecule has 36 heavy (non-hydrogen) atoms. The maximum atomic E-state index is 13.6. The van der Waals surface area contributed by atoms with Gasteiger partial charge in [0.2, 0.25) is 5.91 Å². The molecule has 1 amide bonds. The number of carbonyl (C=O) groups excluding carboxylic acids is 1. The Bertz CT molecular complexity index is 1300. The van der Waals surface area contributed by atoms with E-state index in [0.717, 1.165) is 40.7 Å². The van der Waals surface area contributed by atoms with E-state index >= 15 is 0 Å². The first kappa shape index (κ1) is 23.9. The summed E-state index contributed by atoms with van der Waals surface area (Å²) in [7, 11) is 0. The van der Waals surface area contributed by atoms with Gasteiger partial charge in [0.05, 0.1) is 5.52 Å². The molecule has 1 aliphatic carbocycles. The minimum Gasteiger partial charge on any atom is -0.352 e. The molecule has 1 aliphatic rings. The zero-order valence-electron chi connectivity index (χ0n) is 20.4. The third-order valence-corrected chi connectivity index (χ3v) is 6.89. The lowest BCUT2D eigenvalue weighted by Gasteiger charge is -2.36. The van der Waals surface area contributed by atoms with Crippen LogP contribution in [0.1, 0.15) is 44.1 Å². The summed E-state index contributed by atoms with van der Waals surface area (Å²) >= 11 is 0. The zero-order valence-corrected chi connectivity index (χ0v) is 20.4. The van der Waals surface area contributed by atoms with E-state index in [1.807, 2.05) is 54.6 Å². The normalized spacial score (nSPS) is 14.0.